The Morgan fingerprint density at radius 1 is 1.29 bits per heavy atom. The Morgan fingerprint density at radius 3 is 2.68 bits per heavy atom. The molecule has 10 heteroatoms. The third kappa shape index (κ3) is 3.81. The first kappa shape index (κ1) is 19.8. The van der Waals surface area contributed by atoms with Crippen molar-refractivity contribution in [2.45, 2.75) is 43.5 Å². The van der Waals surface area contributed by atoms with Gasteiger partial charge in [-0.25, -0.2) is 8.42 Å². The summed E-state index contributed by atoms with van der Waals surface area (Å²) in [5.74, 6) is 1.05. The largest absolute Gasteiger partial charge is 0.455 e. The van der Waals surface area contributed by atoms with E-state index in [0.717, 1.165) is 25.7 Å². The van der Waals surface area contributed by atoms with E-state index < -0.39 is 22.0 Å². The molecule has 28 heavy (non-hydrogen) atoms. The van der Waals surface area contributed by atoms with E-state index in [2.05, 4.69) is 5.32 Å². The number of carbonyl (C=O) groups is 2. The molecule has 0 spiro atoms. The monoisotopic (exact) mass is 427 g/mol. The van der Waals surface area contributed by atoms with Gasteiger partial charge in [0.25, 0.3) is 5.91 Å². The van der Waals surface area contributed by atoms with Crippen LogP contribution in [-0.4, -0.2) is 66.7 Å². The highest BCUT2D eigenvalue weighted by Gasteiger charge is 2.38. The quantitative estimate of drug-likeness (QED) is 0.737. The van der Waals surface area contributed by atoms with Gasteiger partial charge in [0, 0.05) is 31.5 Å². The van der Waals surface area contributed by atoms with Gasteiger partial charge in [0.1, 0.15) is 16.7 Å². The van der Waals surface area contributed by atoms with E-state index >= 15 is 0 Å². The van der Waals surface area contributed by atoms with E-state index in [1.54, 1.807) is 6.92 Å². The number of furan rings is 1. The molecule has 1 N–H and O–H groups in total. The van der Waals surface area contributed by atoms with Gasteiger partial charge in [-0.2, -0.15) is 4.31 Å². The molecule has 4 rings (SSSR count). The van der Waals surface area contributed by atoms with E-state index in [1.165, 1.54) is 27.0 Å². The zero-order valence-corrected chi connectivity index (χ0v) is 17.5. The summed E-state index contributed by atoms with van der Waals surface area (Å²) >= 11 is 1.50. The van der Waals surface area contributed by atoms with E-state index in [1.807, 2.05) is 0 Å². The average Bonchev–Trinajstić information content (AvgIpc) is 3.11. The summed E-state index contributed by atoms with van der Waals surface area (Å²) in [5, 5.41) is 2.92. The summed E-state index contributed by atoms with van der Waals surface area (Å²) in [6.07, 6.45) is 3.96. The molecule has 3 fully saturated rings. The smallest absolute Gasteiger partial charge is 0.291 e. The highest BCUT2D eigenvalue weighted by atomic mass is 32.2. The lowest BCUT2D eigenvalue weighted by atomic mass is 10.2. The molecule has 2 saturated heterocycles. The number of hydrogen-bond acceptors (Lipinski definition) is 6. The first-order chi connectivity index (χ1) is 13.4. The standard InChI is InChI=1S/C18H25N3O5S2/c1-12-16(28(24,25)20-6-2-3-7-20)8-15(26-12)18(23)21-11-27-10-14(21)17(22)19-9-13-4-5-13/h8,13-14H,2-7,9-11H2,1H3,(H,19,22). The highest BCUT2D eigenvalue weighted by molar-refractivity contribution is 7.99. The molecule has 0 aromatic carbocycles. The van der Waals surface area contributed by atoms with Crippen LogP contribution in [0.25, 0.3) is 0 Å². The molecule has 2 amide bonds. The van der Waals surface area contributed by atoms with Crippen molar-refractivity contribution >= 4 is 33.6 Å². The molecule has 1 aliphatic carbocycles. The van der Waals surface area contributed by atoms with Gasteiger partial charge >= 0.3 is 0 Å². The molecular weight excluding hydrogens is 402 g/mol. The Bertz CT molecular complexity index is 872. The lowest BCUT2D eigenvalue weighted by Gasteiger charge is -2.22. The van der Waals surface area contributed by atoms with Gasteiger partial charge < -0.3 is 14.6 Å². The van der Waals surface area contributed by atoms with Crippen LogP contribution < -0.4 is 5.32 Å². The van der Waals surface area contributed by atoms with Crippen LogP contribution in [0, 0.1) is 12.8 Å². The second kappa shape index (κ2) is 7.72. The van der Waals surface area contributed by atoms with Gasteiger partial charge in [0.2, 0.25) is 15.9 Å². The molecular formula is C18H25N3O5S2. The Morgan fingerprint density at radius 2 is 2.00 bits per heavy atom. The summed E-state index contributed by atoms with van der Waals surface area (Å²) in [4.78, 5) is 26.9. The van der Waals surface area contributed by atoms with Crippen LogP contribution in [0.2, 0.25) is 0 Å². The van der Waals surface area contributed by atoms with Crippen LogP contribution >= 0.6 is 11.8 Å². The maximum Gasteiger partial charge on any atom is 0.291 e. The molecule has 0 bridgehead atoms. The van der Waals surface area contributed by atoms with Crippen molar-refractivity contribution in [2.75, 3.05) is 31.3 Å². The van der Waals surface area contributed by atoms with Gasteiger partial charge in [-0.1, -0.05) is 0 Å². The maximum absolute atomic E-state index is 13.0. The van der Waals surface area contributed by atoms with Crippen molar-refractivity contribution in [3.63, 3.8) is 0 Å². The molecule has 1 saturated carbocycles. The van der Waals surface area contributed by atoms with Crippen LogP contribution in [0.3, 0.4) is 0 Å². The summed E-state index contributed by atoms with van der Waals surface area (Å²) in [7, 11) is -3.66. The molecule has 1 unspecified atom stereocenters. The SMILES string of the molecule is Cc1oc(C(=O)N2CSCC2C(=O)NCC2CC2)cc1S(=O)(=O)N1CCCC1. The maximum atomic E-state index is 13.0. The molecule has 3 heterocycles. The number of carbonyl (C=O) groups excluding carboxylic acids is 2. The average molecular weight is 428 g/mol. The molecule has 1 aromatic rings. The summed E-state index contributed by atoms with van der Waals surface area (Å²) < 4.78 is 32.6. The molecule has 8 nitrogen and oxygen atoms in total. The Labute approximate surface area is 169 Å². The normalized spacial score (nSPS) is 23.3. The third-order valence-electron chi connectivity index (χ3n) is 5.47. The van der Waals surface area contributed by atoms with E-state index in [0.29, 0.717) is 37.2 Å². The first-order valence-corrected chi connectivity index (χ1v) is 12.2. The van der Waals surface area contributed by atoms with Gasteiger partial charge in [-0.3, -0.25) is 9.59 Å². The zero-order chi connectivity index (χ0) is 19.9. The summed E-state index contributed by atoms with van der Waals surface area (Å²) in [6, 6.07) is 0.758. The number of amides is 2. The molecule has 1 atom stereocenters. The lowest BCUT2D eigenvalue weighted by molar-refractivity contribution is -0.124. The molecule has 1 aromatic heterocycles. The minimum Gasteiger partial charge on any atom is -0.455 e. The van der Waals surface area contributed by atoms with Crippen LogP contribution in [0.1, 0.15) is 42.0 Å². The van der Waals surface area contributed by atoms with Gasteiger partial charge in [-0.05, 0) is 38.5 Å². The second-order valence-corrected chi connectivity index (χ2v) is 10.5. The first-order valence-electron chi connectivity index (χ1n) is 9.65. The minimum atomic E-state index is -3.66. The number of aryl methyl sites for hydroxylation is 1. The number of nitrogens with one attached hydrogen (secondary N) is 1. The molecule has 3 aliphatic rings. The fourth-order valence-corrected chi connectivity index (χ4v) is 6.41. The summed E-state index contributed by atoms with van der Waals surface area (Å²) in [6.45, 7) is 3.18. The van der Waals surface area contributed by atoms with E-state index in [9.17, 15) is 18.0 Å². The van der Waals surface area contributed by atoms with Crippen LogP contribution in [-0.2, 0) is 14.8 Å². The number of hydrogen-bond donors (Lipinski definition) is 1. The molecule has 154 valence electrons. The van der Waals surface area contributed by atoms with Crippen LogP contribution in [0.5, 0.6) is 0 Å². The number of thioether (sulfide) groups is 1. The topological polar surface area (TPSA) is 99.9 Å². The number of sulfonamides is 1. The Kier molecular flexibility index (Phi) is 5.45. The van der Waals surface area contributed by atoms with Crippen molar-refractivity contribution in [2.24, 2.45) is 5.92 Å². The van der Waals surface area contributed by atoms with Crippen LogP contribution in [0.15, 0.2) is 15.4 Å². The van der Waals surface area contributed by atoms with Gasteiger partial charge in [-0.15, -0.1) is 11.8 Å². The highest BCUT2D eigenvalue weighted by Crippen LogP contribution is 2.30. The van der Waals surface area contributed by atoms with Crippen molar-refractivity contribution in [1.82, 2.24) is 14.5 Å². The minimum absolute atomic E-state index is 0.0298. The number of rotatable bonds is 6. The second-order valence-electron chi connectivity index (χ2n) is 7.62. The van der Waals surface area contributed by atoms with Gasteiger partial charge in [0.15, 0.2) is 5.76 Å². The van der Waals surface area contributed by atoms with Crippen molar-refractivity contribution in [3.8, 4) is 0 Å². The lowest BCUT2D eigenvalue weighted by Crippen LogP contribution is -2.47. The molecule has 2 aliphatic heterocycles. The fraction of sp³-hybridized carbons (Fsp3) is 0.667. The van der Waals surface area contributed by atoms with Crippen LogP contribution in [0.4, 0.5) is 0 Å². The Hall–Kier alpha value is -1.52. The predicted molar refractivity (Wildman–Crippen MR) is 104 cm³/mol. The number of nitrogens with zero attached hydrogens (tertiary/aromatic N) is 2. The fourth-order valence-electron chi connectivity index (χ4n) is 3.58. The Balaban J connectivity index is 1.50. The van der Waals surface area contributed by atoms with Crippen molar-refractivity contribution in [1.29, 1.82) is 0 Å². The van der Waals surface area contributed by atoms with Crippen molar-refractivity contribution < 1.29 is 22.4 Å². The predicted octanol–water partition coefficient (Wildman–Crippen LogP) is 1.41. The van der Waals surface area contributed by atoms with Gasteiger partial charge in [0.05, 0.1) is 5.88 Å². The third-order valence-corrected chi connectivity index (χ3v) is 8.49. The zero-order valence-electron chi connectivity index (χ0n) is 15.8. The van der Waals surface area contributed by atoms with E-state index in [4.69, 9.17) is 4.42 Å². The molecule has 0 radical (unpaired) electrons. The van der Waals surface area contributed by atoms with E-state index in [-0.39, 0.29) is 22.3 Å². The van der Waals surface area contributed by atoms with Crippen molar-refractivity contribution in [3.05, 3.63) is 17.6 Å². The summed E-state index contributed by atoms with van der Waals surface area (Å²) in [5.41, 5.74) is 0.